The maximum Gasteiger partial charge on any atom is 0.417 e. The van der Waals surface area contributed by atoms with Gasteiger partial charge in [-0.3, -0.25) is 5.41 Å². The van der Waals surface area contributed by atoms with E-state index < -0.39 is 39.0 Å². The number of nitrogens with two attached hydrogens (primary N) is 1. The average Bonchev–Trinajstić information content (AvgIpc) is 2.27. The highest BCUT2D eigenvalue weighted by Crippen LogP contribution is 2.34. The van der Waals surface area contributed by atoms with E-state index in [0.717, 1.165) is 19.2 Å². The highest BCUT2D eigenvalue weighted by molar-refractivity contribution is 7.89. The van der Waals surface area contributed by atoms with Gasteiger partial charge >= 0.3 is 6.18 Å². The van der Waals surface area contributed by atoms with Crippen LogP contribution in [0.4, 0.5) is 13.2 Å². The standard InChI is InChI=1S/C10H12F3N3O2S/c1-16(6-9(14)15)19(17,18)8-5-3-2-4-7(8)10(11,12)13/h2-5H,6H2,1H3,(H3,14,15). The summed E-state index contributed by atoms with van der Waals surface area (Å²) in [6, 6.07) is 3.86. The van der Waals surface area contributed by atoms with Gasteiger partial charge in [-0.2, -0.15) is 17.5 Å². The molecule has 0 aromatic heterocycles. The van der Waals surface area contributed by atoms with Crippen molar-refractivity contribution >= 4 is 15.9 Å². The smallest absolute Gasteiger partial charge is 0.387 e. The molecular weight excluding hydrogens is 283 g/mol. The van der Waals surface area contributed by atoms with Crippen LogP contribution in [0.5, 0.6) is 0 Å². The van der Waals surface area contributed by atoms with Gasteiger partial charge < -0.3 is 5.73 Å². The number of hydrogen-bond donors (Lipinski definition) is 2. The molecule has 106 valence electrons. The molecule has 1 aromatic carbocycles. The zero-order chi connectivity index (χ0) is 14.8. The third-order valence-electron chi connectivity index (χ3n) is 2.27. The predicted octanol–water partition coefficient (Wildman–Crippen LogP) is 1.26. The first-order valence-corrected chi connectivity index (χ1v) is 6.46. The SMILES string of the molecule is CN(CC(=N)N)S(=O)(=O)c1ccccc1C(F)(F)F. The lowest BCUT2D eigenvalue weighted by molar-refractivity contribution is -0.139. The van der Waals surface area contributed by atoms with E-state index in [2.05, 4.69) is 0 Å². The number of benzene rings is 1. The average molecular weight is 295 g/mol. The minimum atomic E-state index is -4.78. The lowest BCUT2D eigenvalue weighted by atomic mass is 10.2. The van der Waals surface area contributed by atoms with Gasteiger partial charge in [0.2, 0.25) is 10.0 Å². The lowest BCUT2D eigenvalue weighted by Crippen LogP contribution is -2.35. The molecule has 0 saturated heterocycles. The third kappa shape index (κ3) is 3.44. The van der Waals surface area contributed by atoms with Crippen LogP contribution in [0.25, 0.3) is 0 Å². The fraction of sp³-hybridized carbons (Fsp3) is 0.300. The van der Waals surface area contributed by atoms with Crippen molar-refractivity contribution in [2.75, 3.05) is 13.6 Å². The van der Waals surface area contributed by atoms with Gasteiger partial charge in [-0.1, -0.05) is 12.1 Å². The Morgan fingerprint density at radius 2 is 1.89 bits per heavy atom. The van der Waals surface area contributed by atoms with Crippen LogP contribution < -0.4 is 5.73 Å². The molecule has 19 heavy (non-hydrogen) atoms. The Hall–Kier alpha value is -1.61. The van der Waals surface area contributed by atoms with Crippen molar-refractivity contribution in [1.82, 2.24) is 4.31 Å². The fourth-order valence-electron chi connectivity index (χ4n) is 1.42. The summed E-state index contributed by atoms with van der Waals surface area (Å²) in [5.74, 6) is -0.462. The van der Waals surface area contributed by atoms with Crippen LogP contribution >= 0.6 is 0 Å². The van der Waals surface area contributed by atoms with Crippen LogP contribution in [0.15, 0.2) is 29.2 Å². The summed E-state index contributed by atoms with van der Waals surface area (Å²) in [5.41, 5.74) is 3.80. The zero-order valence-electron chi connectivity index (χ0n) is 9.90. The van der Waals surface area contributed by atoms with E-state index >= 15 is 0 Å². The molecule has 0 spiro atoms. The molecule has 0 aliphatic heterocycles. The van der Waals surface area contributed by atoms with Crippen LogP contribution in [0.3, 0.4) is 0 Å². The maximum atomic E-state index is 12.8. The van der Waals surface area contributed by atoms with E-state index in [4.69, 9.17) is 11.1 Å². The number of nitrogens with one attached hydrogen (secondary N) is 1. The zero-order valence-corrected chi connectivity index (χ0v) is 10.7. The van der Waals surface area contributed by atoms with Crippen molar-refractivity contribution in [1.29, 1.82) is 5.41 Å². The molecule has 1 aromatic rings. The summed E-state index contributed by atoms with van der Waals surface area (Å²) < 4.78 is 62.9. The Bertz CT molecular complexity index is 584. The van der Waals surface area contributed by atoms with E-state index in [1.807, 2.05) is 0 Å². The molecular formula is C10H12F3N3O2S. The Labute approximate surface area is 108 Å². The van der Waals surface area contributed by atoms with Crippen molar-refractivity contribution in [2.45, 2.75) is 11.1 Å². The number of alkyl halides is 3. The first-order valence-electron chi connectivity index (χ1n) is 5.02. The number of sulfonamides is 1. The first kappa shape index (κ1) is 15.4. The second-order valence-electron chi connectivity index (χ2n) is 3.78. The van der Waals surface area contributed by atoms with Gasteiger partial charge in [0.25, 0.3) is 0 Å². The highest BCUT2D eigenvalue weighted by atomic mass is 32.2. The molecule has 0 aliphatic carbocycles. The largest absolute Gasteiger partial charge is 0.417 e. The summed E-state index contributed by atoms with van der Waals surface area (Å²) in [6.45, 7) is -0.478. The van der Waals surface area contributed by atoms with Gasteiger partial charge in [0.1, 0.15) is 5.84 Å². The van der Waals surface area contributed by atoms with Crippen molar-refractivity contribution in [3.05, 3.63) is 29.8 Å². The van der Waals surface area contributed by atoms with E-state index in [9.17, 15) is 21.6 Å². The van der Waals surface area contributed by atoms with Gasteiger partial charge in [0, 0.05) is 7.05 Å². The summed E-state index contributed by atoms with van der Waals surface area (Å²) >= 11 is 0. The molecule has 0 radical (unpaired) electrons. The second kappa shape index (κ2) is 5.17. The Balaban J connectivity index is 3.34. The number of rotatable bonds is 4. The number of hydrogen-bond acceptors (Lipinski definition) is 3. The maximum absolute atomic E-state index is 12.8. The molecule has 0 bridgehead atoms. The van der Waals surface area contributed by atoms with Crippen molar-refractivity contribution in [3.63, 3.8) is 0 Å². The minimum absolute atomic E-state index is 0.462. The second-order valence-corrected chi connectivity index (χ2v) is 5.79. The third-order valence-corrected chi connectivity index (χ3v) is 4.14. The molecule has 0 heterocycles. The molecule has 9 heteroatoms. The molecule has 0 unspecified atom stereocenters. The number of halogens is 3. The van der Waals surface area contributed by atoms with E-state index in [1.54, 1.807) is 0 Å². The van der Waals surface area contributed by atoms with Gasteiger partial charge in [-0.15, -0.1) is 0 Å². The summed E-state index contributed by atoms with van der Waals surface area (Å²) in [7, 11) is -3.30. The van der Waals surface area contributed by atoms with Gasteiger partial charge in [0.15, 0.2) is 0 Å². The monoisotopic (exact) mass is 295 g/mol. The Morgan fingerprint density at radius 3 is 2.37 bits per heavy atom. The highest BCUT2D eigenvalue weighted by Gasteiger charge is 2.38. The van der Waals surface area contributed by atoms with E-state index in [-0.39, 0.29) is 0 Å². The summed E-state index contributed by atoms with van der Waals surface area (Å²) in [4.78, 5) is -0.855. The number of likely N-dealkylation sites (N-methyl/N-ethyl adjacent to an activating group) is 1. The summed E-state index contributed by atoms with van der Waals surface area (Å²) in [6.07, 6.45) is -4.78. The van der Waals surface area contributed by atoms with Gasteiger partial charge in [-0.25, -0.2) is 8.42 Å². The molecule has 0 aliphatic rings. The number of amidine groups is 1. The van der Waals surface area contributed by atoms with E-state index in [0.29, 0.717) is 10.4 Å². The molecule has 3 N–H and O–H groups in total. The fourth-order valence-corrected chi connectivity index (χ4v) is 2.78. The topological polar surface area (TPSA) is 87.2 Å². The van der Waals surface area contributed by atoms with Crippen LogP contribution in [0.1, 0.15) is 5.56 Å². The molecule has 5 nitrogen and oxygen atoms in total. The van der Waals surface area contributed by atoms with Crippen LogP contribution in [0.2, 0.25) is 0 Å². The van der Waals surface area contributed by atoms with E-state index in [1.165, 1.54) is 6.07 Å². The van der Waals surface area contributed by atoms with Crippen LogP contribution in [-0.2, 0) is 16.2 Å². The van der Waals surface area contributed by atoms with Crippen LogP contribution in [-0.4, -0.2) is 32.2 Å². The van der Waals surface area contributed by atoms with Crippen LogP contribution in [0, 0.1) is 5.41 Å². The molecule has 0 saturated carbocycles. The van der Waals surface area contributed by atoms with Crippen molar-refractivity contribution in [3.8, 4) is 0 Å². The normalized spacial score (nSPS) is 12.7. The lowest BCUT2D eigenvalue weighted by Gasteiger charge is -2.19. The summed E-state index contributed by atoms with van der Waals surface area (Å²) in [5, 5.41) is 6.99. The Kier molecular flexibility index (Phi) is 4.21. The molecule has 1 rings (SSSR count). The first-order chi connectivity index (χ1) is 8.56. The molecule has 0 fully saturated rings. The van der Waals surface area contributed by atoms with Crippen molar-refractivity contribution in [2.24, 2.45) is 5.73 Å². The van der Waals surface area contributed by atoms with Gasteiger partial charge in [-0.05, 0) is 12.1 Å². The van der Waals surface area contributed by atoms with Gasteiger partial charge in [0.05, 0.1) is 17.0 Å². The Morgan fingerprint density at radius 1 is 1.37 bits per heavy atom. The van der Waals surface area contributed by atoms with Crippen molar-refractivity contribution < 1.29 is 21.6 Å². The molecule has 0 atom stereocenters. The predicted molar refractivity (Wildman–Crippen MR) is 63.2 cm³/mol. The quantitative estimate of drug-likeness (QED) is 0.647. The number of nitrogens with zero attached hydrogens (tertiary/aromatic N) is 1. The minimum Gasteiger partial charge on any atom is -0.387 e. The molecule has 0 amide bonds.